The van der Waals surface area contributed by atoms with Crippen LogP contribution in [0.2, 0.25) is 5.02 Å². The van der Waals surface area contributed by atoms with Crippen LogP contribution in [0, 0.1) is 12.8 Å². The largest absolute Gasteiger partial charge is 0.455 e. The first-order valence-electron chi connectivity index (χ1n) is 10.2. The fourth-order valence-corrected chi connectivity index (χ4v) is 3.37. The Kier molecular flexibility index (Phi) is 7.13. The van der Waals surface area contributed by atoms with E-state index in [1.807, 2.05) is 25.1 Å². The van der Waals surface area contributed by atoms with Crippen molar-refractivity contribution in [1.29, 1.82) is 0 Å². The van der Waals surface area contributed by atoms with E-state index in [4.69, 9.17) is 16.0 Å². The molecule has 0 saturated carbocycles. The number of hydrogen-bond acceptors (Lipinski definition) is 4. The lowest BCUT2D eigenvalue weighted by atomic mass is 10.1. The van der Waals surface area contributed by atoms with Gasteiger partial charge in [0.05, 0.1) is 10.6 Å². The highest BCUT2D eigenvalue weighted by Gasteiger charge is 2.22. The molecule has 0 spiro atoms. The number of amides is 2. The van der Waals surface area contributed by atoms with E-state index in [-0.39, 0.29) is 11.8 Å². The fraction of sp³-hybridized carbons (Fsp3) is 0.292. The van der Waals surface area contributed by atoms with Gasteiger partial charge in [-0.2, -0.15) is 0 Å². The average Bonchev–Trinajstić information content (AvgIpc) is 3.14. The van der Waals surface area contributed by atoms with Gasteiger partial charge in [-0.1, -0.05) is 37.6 Å². The molecule has 7 heteroatoms. The number of aromatic nitrogens is 1. The van der Waals surface area contributed by atoms with Gasteiger partial charge in [-0.15, -0.1) is 0 Å². The van der Waals surface area contributed by atoms with Crippen LogP contribution in [-0.4, -0.2) is 23.3 Å². The lowest BCUT2D eigenvalue weighted by Crippen LogP contribution is -2.25. The Bertz CT molecular complexity index is 1110. The van der Waals surface area contributed by atoms with E-state index in [9.17, 15) is 9.59 Å². The number of nitrogens with one attached hydrogen (secondary N) is 2. The van der Waals surface area contributed by atoms with Crippen molar-refractivity contribution >= 4 is 29.2 Å². The van der Waals surface area contributed by atoms with Crippen molar-refractivity contribution in [2.24, 2.45) is 5.92 Å². The van der Waals surface area contributed by atoms with Crippen LogP contribution in [0.1, 0.15) is 43.1 Å². The maximum atomic E-state index is 13.0. The quantitative estimate of drug-likeness (QED) is 0.494. The molecule has 0 atom stereocenters. The smallest absolute Gasteiger partial charge is 0.255 e. The van der Waals surface area contributed by atoms with Crippen LogP contribution >= 0.6 is 11.6 Å². The molecule has 2 N–H and O–H groups in total. The van der Waals surface area contributed by atoms with Crippen LogP contribution in [0.5, 0.6) is 0 Å². The van der Waals surface area contributed by atoms with Crippen LogP contribution < -0.4 is 10.6 Å². The number of furan rings is 1. The van der Waals surface area contributed by atoms with Crippen molar-refractivity contribution < 1.29 is 14.0 Å². The maximum absolute atomic E-state index is 13.0. The van der Waals surface area contributed by atoms with Gasteiger partial charge in [0.1, 0.15) is 17.3 Å². The van der Waals surface area contributed by atoms with Gasteiger partial charge in [0.2, 0.25) is 5.91 Å². The molecule has 0 saturated heterocycles. The highest BCUT2D eigenvalue weighted by atomic mass is 35.5. The van der Waals surface area contributed by atoms with E-state index in [2.05, 4.69) is 29.5 Å². The molecule has 2 aromatic heterocycles. The van der Waals surface area contributed by atoms with Crippen molar-refractivity contribution in [2.45, 2.75) is 34.1 Å². The first-order chi connectivity index (χ1) is 14.8. The summed E-state index contributed by atoms with van der Waals surface area (Å²) in [7, 11) is 0. The number of rotatable bonds is 7. The summed E-state index contributed by atoms with van der Waals surface area (Å²) in [5, 5.41) is 6.13. The number of carbonyl (C=O) groups excluding carboxylic acids is 2. The van der Waals surface area contributed by atoms with Crippen LogP contribution in [0.25, 0.3) is 22.6 Å². The van der Waals surface area contributed by atoms with Gasteiger partial charge in [-0.05, 0) is 49.1 Å². The zero-order valence-corrected chi connectivity index (χ0v) is 18.8. The number of carbonyl (C=O) groups is 2. The summed E-state index contributed by atoms with van der Waals surface area (Å²) in [6.45, 7) is 8.09. The Hall–Kier alpha value is -3.12. The number of hydrogen-bond donors (Lipinski definition) is 2. The molecule has 1 aromatic carbocycles. The van der Waals surface area contributed by atoms with Crippen LogP contribution in [0.4, 0.5) is 5.82 Å². The Morgan fingerprint density at radius 1 is 1.16 bits per heavy atom. The predicted octanol–water partition coefficient (Wildman–Crippen LogP) is 5.70. The first-order valence-corrected chi connectivity index (χ1v) is 10.6. The lowest BCUT2D eigenvalue weighted by Gasteiger charge is -2.08. The second-order valence-corrected chi connectivity index (χ2v) is 8.24. The van der Waals surface area contributed by atoms with Gasteiger partial charge >= 0.3 is 0 Å². The molecule has 162 valence electrons. The molecule has 3 rings (SSSR count). The predicted molar refractivity (Wildman–Crippen MR) is 123 cm³/mol. The number of nitrogens with zero attached hydrogens (tertiary/aromatic N) is 1. The zero-order chi connectivity index (χ0) is 22.5. The molecule has 0 aliphatic rings. The summed E-state index contributed by atoms with van der Waals surface area (Å²) >= 11 is 6.40. The third-order valence-corrected chi connectivity index (χ3v) is 5.10. The number of aryl methyl sites for hydroxylation is 1. The summed E-state index contributed by atoms with van der Waals surface area (Å²) in [6.07, 6.45) is 2.53. The van der Waals surface area contributed by atoms with Crippen molar-refractivity contribution in [2.75, 3.05) is 11.9 Å². The summed E-state index contributed by atoms with van der Waals surface area (Å²) in [4.78, 5) is 28.6. The summed E-state index contributed by atoms with van der Waals surface area (Å²) < 4.78 is 6.17. The van der Waals surface area contributed by atoms with E-state index in [1.165, 1.54) is 6.92 Å². The van der Waals surface area contributed by atoms with Crippen molar-refractivity contribution in [3.63, 3.8) is 0 Å². The highest BCUT2D eigenvalue weighted by Crippen LogP contribution is 2.37. The molecule has 2 amide bonds. The summed E-state index contributed by atoms with van der Waals surface area (Å²) in [5.41, 5.74) is 2.62. The number of halogens is 1. The molecule has 2 heterocycles. The van der Waals surface area contributed by atoms with Gasteiger partial charge in [0.25, 0.3) is 5.91 Å². The van der Waals surface area contributed by atoms with Gasteiger partial charge in [-0.25, -0.2) is 4.98 Å². The van der Waals surface area contributed by atoms with Gasteiger partial charge < -0.3 is 15.1 Å². The molecule has 0 aliphatic carbocycles. The summed E-state index contributed by atoms with van der Waals surface area (Å²) in [5.74, 6) is 1.35. The third-order valence-electron chi connectivity index (χ3n) is 4.78. The van der Waals surface area contributed by atoms with E-state index in [0.29, 0.717) is 46.0 Å². The average molecular weight is 440 g/mol. The second-order valence-electron chi connectivity index (χ2n) is 7.84. The van der Waals surface area contributed by atoms with Gasteiger partial charge in [0, 0.05) is 30.8 Å². The van der Waals surface area contributed by atoms with Gasteiger partial charge in [-0.3, -0.25) is 9.59 Å². The topological polar surface area (TPSA) is 84.2 Å². The number of anilines is 1. The highest BCUT2D eigenvalue weighted by molar-refractivity contribution is 6.33. The maximum Gasteiger partial charge on any atom is 0.255 e. The van der Waals surface area contributed by atoms with Crippen molar-refractivity contribution in [3.05, 3.63) is 58.7 Å². The van der Waals surface area contributed by atoms with Crippen molar-refractivity contribution in [1.82, 2.24) is 10.3 Å². The van der Waals surface area contributed by atoms with Crippen molar-refractivity contribution in [3.8, 4) is 22.6 Å². The Morgan fingerprint density at radius 3 is 2.58 bits per heavy atom. The molecular weight excluding hydrogens is 414 g/mol. The fourth-order valence-electron chi connectivity index (χ4n) is 3.15. The number of pyridine rings is 1. The Labute approximate surface area is 187 Å². The van der Waals surface area contributed by atoms with E-state index >= 15 is 0 Å². The zero-order valence-electron chi connectivity index (χ0n) is 18.1. The molecule has 0 aliphatic heterocycles. The van der Waals surface area contributed by atoms with Crippen LogP contribution in [0.3, 0.4) is 0 Å². The SMILES string of the molecule is CC(=O)Nc1cc(-c2cc(C(=O)NCCC(C)C)c(-c3ccccc3Cl)o2)c(C)cn1. The minimum Gasteiger partial charge on any atom is -0.455 e. The molecule has 6 nitrogen and oxygen atoms in total. The minimum absolute atomic E-state index is 0.219. The molecule has 0 fully saturated rings. The molecule has 0 bridgehead atoms. The third kappa shape index (κ3) is 5.52. The van der Waals surface area contributed by atoms with E-state index in [1.54, 1.807) is 24.4 Å². The molecule has 31 heavy (non-hydrogen) atoms. The van der Waals surface area contributed by atoms with Crippen LogP contribution in [-0.2, 0) is 4.79 Å². The molecule has 3 aromatic rings. The minimum atomic E-state index is -0.223. The number of benzene rings is 1. The van der Waals surface area contributed by atoms with E-state index in [0.717, 1.165) is 17.5 Å². The standard InChI is InChI=1S/C24H26ClN3O3/c1-14(2)9-10-26-24(30)19-11-21(31-23(19)17-7-5-6-8-20(17)25)18-12-22(28-16(4)29)27-13-15(18)3/h5-8,11-14H,9-10H2,1-4H3,(H,26,30)(H,27,28,29). The van der Waals surface area contributed by atoms with Gasteiger partial charge in [0.15, 0.2) is 0 Å². The van der Waals surface area contributed by atoms with E-state index < -0.39 is 0 Å². The normalized spacial score (nSPS) is 10.9. The Morgan fingerprint density at radius 2 is 1.90 bits per heavy atom. The molecular formula is C24H26ClN3O3. The molecule has 0 radical (unpaired) electrons. The molecule has 0 unspecified atom stereocenters. The second kappa shape index (κ2) is 9.79. The first kappa shape index (κ1) is 22.6. The summed E-state index contributed by atoms with van der Waals surface area (Å²) in [6, 6.07) is 10.7. The van der Waals surface area contributed by atoms with Crippen LogP contribution in [0.15, 0.2) is 47.0 Å². The monoisotopic (exact) mass is 439 g/mol. The lowest BCUT2D eigenvalue weighted by molar-refractivity contribution is -0.114. The Balaban J connectivity index is 2.06.